The normalized spacial score (nSPS) is 14.7. The number of halogens is 3. The number of alkyl halides is 3. The number of piperidine rings is 1. The maximum Gasteiger partial charge on any atom is 0.416 e. The van der Waals surface area contributed by atoms with Gasteiger partial charge in [-0.15, -0.1) is 0 Å². The van der Waals surface area contributed by atoms with Crippen LogP contribution in [0.2, 0.25) is 0 Å². The summed E-state index contributed by atoms with van der Waals surface area (Å²) in [6.45, 7) is 4.27. The van der Waals surface area contributed by atoms with E-state index >= 15 is 0 Å². The quantitative estimate of drug-likeness (QED) is 0.674. The summed E-state index contributed by atoms with van der Waals surface area (Å²) in [5, 5.41) is 2.84. The number of methoxy groups -OCH3 is 1. The summed E-state index contributed by atoms with van der Waals surface area (Å²) in [5.41, 5.74) is 1.85. The van der Waals surface area contributed by atoms with Crippen LogP contribution in [0.4, 0.5) is 18.9 Å². The summed E-state index contributed by atoms with van der Waals surface area (Å²) < 4.78 is 42.9. The summed E-state index contributed by atoms with van der Waals surface area (Å²) in [5.74, 6) is -1.39. The smallest absolute Gasteiger partial charge is 0.416 e. The molecule has 2 amide bonds. The largest absolute Gasteiger partial charge is 0.465 e. The number of amides is 2. The van der Waals surface area contributed by atoms with Crippen LogP contribution < -0.4 is 5.32 Å². The van der Waals surface area contributed by atoms with Crippen LogP contribution in [-0.4, -0.2) is 42.9 Å². The van der Waals surface area contributed by atoms with E-state index in [2.05, 4.69) is 5.32 Å². The molecule has 0 unspecified atom stereocenters. The van der Waals surface area contributed by atoms with Gasteiger partial charge in [0.2, 0.25) is 5.91 Å². The number of esters is 1. The first-order valence-corrected chi connectivity index (χ1v) is 10.5. The number of rotatable bonds is 4. The van der Waals surface area contributed by atoms with Crippen molar-refractivity contribution in [2.75, 3.05) is 25.5 Å². The minimum Gasteiger partial charge on any atom is -0.465 e. The van der Waals surface area contributed by atoms with Gasteiger partial charge in [0.25, 0.3) is 5.91 Å². The molecule has 2 aromatic rings. The van der Waals surface area contributed by atoms with E-state index in [-0.39, 0.29) is 23.3 Å². The highest BCUT2D eigenvalue weighted by Crippen LogP contribution is 2.30. The SMILES string of the molecule is COC(=O)c1cc(NC(=O)C2CCN(C(=O)c3ccc(C(F)(F)F)cc3)CC2)cc(C)c1C. The molecule has 1 heterocycles. The molecule has 0 aromatic heterocycles. The first-order chi connectivity index (χ1) is 15.5. The molecular formula is C24H25F3N2O4. The number of aryl methyl sites for hydroxylation is 1. The van der Waals surface area contributed by atoms with Gasteiger partial charge in [-0.2, -0.15) is 13.2 Å². The van der Waals surface area contributed by atoms with Crippen LogP contribution in [0.15, 0.2) is 36.4 Å². The molecule has 3 rings (SSSR count). The molecule has 0 radical (unpaired) electrons. The molecule has 6 nitrogen and oxygen atoms in total. The highest BCUT2D eigenvalue weighted by Gasteiger charge is 2.31. The molecule has 176 valence electrons. The minimum atomic E-state index is -4.46. The molecule has 0 saturated carbocycles. The Morgan fingerprint density at radius 1 is 1.03 bits per heavy atom. The molecule has 1 aliphatic heterocycles. The fourth-order valence-electron chi connectivity index (χ4n) is 3.83. The number of likely N-dealkylation sites (tertiary alicyclic amines) is 1. The third-order valence-corrected chi connectivity index (χ3v) is 5.95. The molecule has 2 aromatic carbocycles. The van der Waals surface area contributed by atoms with Crippen molar-refractivity contribution in [2.24, 2.45) is 5.92 Å². The number of ether oxygens (including phenoxy) is 1. The van der Waals surface area contributed by atoms with Crippen LogP contribution in [0.1, 0.15) is 50.2 Å². The van der Waals surface area contributed by atoms with Crippen molar-refractivity contribution in [1.29, 1.82) is 0 Å². The fourth-order valence-corrected chi connectivity index (χ4v) is 3.83. The molecule has 1 N–H and O–H groups in total. The second kappa shape index (κ2) is 9.64. The van der Waals surface area contributed by atoms with Crippen LogP contribution in [0.5, 0.6) is 0 Å². The van der Waals surface area contributed by atoms with Crippen molar-refractivity contribution in [3.63, 3.8) is 0 Å². The van der Waals surface area contributed by atoms with Crippen LogP contribution in [0, 0.1) is 19.8 Å². The number of anilines is 1. The number of benzene rings is 2. The van der Waals surface area contributed by atoms with E-state index in [0.29, 0.717) is 37.2 Å². The maximum atomic E-state index is 12.8. The molecule has 1 fully saturated rings. The second-order valence-electron chi connectivity index (χ2n) is 8.09. The Morgan fingerprint density at radius 3 is 2.18 bits per heavy atom. The van der Waals surface area contributed by atoms with Gasteiger partial charge in [-0.1, -0.05) is 0 Å². The Labute approximate surface area is 189 Å². The number of hydrogen-bond acceptors (Lipinski definition) is 4. The van der Waals surface area contributed by atoms with Gasteiger partial charge in [0.15, 0.2) is 0 Å². The zero-order valence-corrected chi connectivity index (χ0v) is 18.6. The van der Waals surface area contributed by atoms with Gasteiger partial charge in [0.1, 0.15) is 0 Å². The summed E-state index contributed by atoms with van der Waals surface area (Å²) in [7, 11) is 1.29. The van der Waals surface area contributed by atoms with Crippen molar-refractivity contribution in [3.05, 3.63) is 64.2 Å². The van der Waals surface area contributed by atoms with Crippen LogP contribution in [0.3, 0.4) is 0 Å². The van der Waals surface area contributed by atoms with Gasteiger partial charge in [0, 0.05) is 30.3 Å². The number of nitrogens with one attached hydrogen (secondary N) is 1. The topological polar surface area (TPSA) is 75.7 Å². The molecule has 9 heteroatoms. The average molecular weight is 462 g/mol. The third-order valence-electron chi connectivity index (χ3n) is 5.95. The molecular weight excluding hydrogens is 437 g/mol. The first kappa shape index (κ1) is 24.3. The van der Waals surface area contributed by atoms with Gasteiger partial charge in [-0.25, -0.2) is 4.79 Å². The maximum absolute atomic E-state index is 12.8. The Hall–Kier alpha value is -3.36. The van der Waals surface area contributed by atoms with E-state index in [0.717, 1.165) is 23.3 Å². The molecule has 33 heavy (non-hydrogen) atoms. The van der Waals surface area contributed by atoms with Crippen molar-refractivity contribution in [1.82, 2.24) is 4.90 Å². The van der Waals surface area contributed by atoms with Gasteiger partial charge in [-0.05, 0) is 74.2 Å². The minimum absolute atomic E-state index is 0.177. The van der Waals surface area contributed by atoms with Crippen molar-refractivity contribution in [3.8, 4) is 0 Å². The lowest BCUT2D eigenvalue weighted by Gasteiger charge is -2.31. The van der Waals surface area contributed by atoms with E-state index in [1.54, 1.807) is 19.1 Å². The summed E-state index contributed by atoms with van der Waals surface area (Å²) >= 11 is 0. The van der Waals surface area contributed by atoms with Crippen molar-refractivity contribution in [2.45, 2.75) is 32.9 Å². The molecule has 1 aliphatic rings. The molecule has 1 saturated heterocycles. The lowest BCUT2D eigenvalue weighted by Crippen LogP contribution is -2.41. The third kappa shape index (κ3) is 5.53. The predicted octanol–water partition coefficient (Wildman–Crippen LogP) is 4.60. The van der Waals surface area contributed by atoms with E-state index < -0.39 is 17.7 Å². The number of hydrogen-bond donors (Lipinski definition) is 1. The molecule has 0 bridgehead atoms. The van der Waals surface area contributed by atoms with E-state index in [1.165, 1.54) is 24.1 Å². The highest BCUT2D eigenvalue weighted by atomic mass is 19.4. The first-order valence-electron chi connectivity index (χ1n) is 10.5. The van der Waals surface area contributed by atoms with Gasteiger partial charge in [-0.3, -0.25) is 9.59 Å². The van der Waals surface area contributed by atoms with E-state index in [1.807, 2.05) is 6.92 Å². The lowest BCUT2D eigenvalue weighted by molar-refractivity contribution is -0.137. The molecule has 0 aliphatic carbocycles. The summed E-state index contributed by atoms with van der Waals surface area (Å²) in [4.78, 5) is 38.9. The zero-order chi connectivity index (χ0) is 24.3. The van der Waals surface area contributed by atoms with E-state index in [4.69, 9.17) is 4.74 Å². The van der Waals surface area contributed by atoms with Crippen molar-refractivity contribution < 1.29 is 32.3 Å². The summed E-state index contributed by atoms with van der Waals surface area (Å²) in [6.07, 6.45) is -3.61. The highest BCUT2D eigenvalue weighted by molar-refractivity contribution is 5.97. The average Bonchev–Trinajstić information content (AvgIpc) is 2.79. The lowest BCUT2D eigenvalue weighted by atomic mass is 9.95. The number of nitrogens with zero attached hydrogens (tertiary/aromatic N) is 1. The predicted molar refractivity (Wildman–Crippen MR) is 116 cm³/mol. The van der Waals surface area contributed by atoms with Gasteiger partial charge >= 0.3 is 12.1 Å². The Kier molecular flexibility index (Phi) is 7.09. The monoisotopic (exact) mass is 462 g/mol. The Morgan fingerprint density at radius 2 is 1.64 bits per heavy atom. The van der Waals surface area contributed by atoms with Crippen LogP contribution in [-0.2, 0) is 15.7 Å². The van der Waals surface area contributed by atoms with Gasteiger partial charge in [0.05, 0.1) is 18.2 Å². The molecule has 0 atom stereocenters. The second-order valence-corrected chi connectivity index (χ2v) is 8.09. The fraction of sp³-hybridized carbons (Fsp3) is 0.375. The number of carbonyl (C=O) groups is 3. The van der Waals surface area contributed by atoms with Crippen molar-refractivity contribution >= 4 is 23.5 Å². The molecule has 0 spiro atoms. The van der Waals surface area contributed by atoms with Crippen LogP contribution in [0.25, 0.3) is 0 Å². The zero-order valence-electron chi connectivity index (χ0n) is 18.6. The Bertz CT molecular complexity index is 1060. The number of carbonyl (C=O) groups excluding carboxylic acids is 3. The summed E-state index contributed by atoms with van der Waals surface area (Å²) in [6, 6.07) is 7.47. The van der Waals surface area contributed by atoms with E-state index in [9.17, 15) is 27.6 Å². The Balaban J connectivity index is 1.61. The van der Waals surface area contributed by atoms with Crippen LogP contribution >= 0.6 is 0 Å². The van der Waals surface area contributed by atoms with Gasteiger partial charge < -0.3 is 15.0 Å². The standard InChI is InChI=1S/C24H25F3N2O4/c1-14-12-19(13-20(15(14)2)23(32)33-3)28-21(30)16-8-10-29(11-9-16)22(31)17-4-6-18(7-5-17)24(25,26)27/h4-7,12-13,16H,8-11H2,1-3H3,(H,28,30).